The number of aromatic nitrogens is 3. The van der Waals surface area contributed by atoms with E-state index in [1.54, 1.807) is 12.1 Å². The van der Waals surface area contributed by atoms with E-state index in [1.807, 2.05) is 0 Å². The fourth-order valence-electron chi connectivity index (χ4n) is 1.74. The lowest BCUT2D eigenvalue weighted by Gasteiger charge is -2.00. The SMILES string of the molecule is O=S(c1ccc(F)cc1)n1cc(-c2ccc(F)cc2)nn1. The average molecular weight is 305 g/mol. The summed E-state index contributed by atoms with van der Waals surface area (Å²) in [5, 5.41) is 7.70. The smallest absolute Gasteiger partial charge is 0.174 e. The molecule has 1 atom stereocenters. The van der Waals surface area contributed by atoms with Gasteiger partial charge in [0.15, 0.2) is 11.0 Å². The minimum atomic E-state index is -1.61. The molecule has 4 nitrogen and oxygen atoms in total. The topological polar surface area (TPSA) is 47.8 Å². The molecule has 3 rings (SSSR count). The van der Waals surface area contributed by atoms with Crippen LogP contribution in [0.4, 0.5) is 8.78 Å². The van der Waals surface area contributed by atoms with E-state index in [0.29, 0.717) is 16.2 Å². The van der Waals surface area contributed by atoms with Gasteiger partial charge in [0.2, 0.25) is 0 Å². The molecule has 0 aliphatic rings. The van der Waals surface area contributed by atoms with Crippen LogP contribution in [0.3, 0.4) is 0 Å². The molecule has 0 radical (unpaired) electrons. The molecule has 0 saturated carbocycles. The summed E-state index contributed by atoms with van der Waals surface area (Å²) in [6.45, 7) is 0. The molecule has 0 amide bonds. The molecule has 7 heteroatoms. The van der Waals surface area contributed by atoms with Crippen LogP contribution in [0, 0.1) is 11.6 Å². The van der Waals surface area contributed by atoms with Crippen molar-refractivity contribution in [3.8, 4) is 11.3 Å². The molecule has 0 aliphatic carbocycles. The molecular weight excluding hydrogens is 296 g/mol. The van der Waals surface area contributed by atoms with Crippen LogP contribution in [0.2, 0.25) is 0 Å². The third kappa shape index (κ3) is 2.87. The molecule has 3 aromatic rings. The second kappa shape index (κ2) is 5.53. The number of benzene rings is 2. The van der Waals surface area contributed by atoms with Gasteiger partial charge in [0.25, 0.3) is 0 Å². The van der Waals surface area contributed by atoms with Gasteiger partial charge in [-0.1, -0.05) is 5.21 Å². The van der Waals surface area contributed by atoms with Gasteiger partial charge in [0.05, 0.1) is 11.1 Å². The standard InChI is InChI=1S/C14H9F2N3OS/c15-11-3-1-10(2-4-11)14-9-19(18-17-14)21(20)13-7-5-12(16)6-8-13/h1-9H. The van der Waals surface area contributed by atoms with Crippen molar-refractivity contribution in [3.63, 3.8) is 0 Å². The molecular formula is C14H9F2N3OS. The first-order chi connectivity index (χ1) is 10.1. The minimum Gasteiger partial charge on any atom is -0.229 e. The highest BCUT2D eigenvalue weighted by molar-refractivity contribution is 7.83. The second-order valence-electron chi connectivity index (χ2n) is 4.22. The average Bonchev–Trinajstić information content (AvgIpc) is 2.98. The van der Waals surface area contributed by atoms with Crippen molar-refractivity contribution in [2.24, 2.45) is 0 Å². The minimum absolute atomic E-state index is 0.346. The number of hydrogen-bond acceptors (Lipinski definition) is 3. The van der Waals surface area contributed by atoms with Gasteiger partial charge in [-0.25, -0.2) is 13.0 Å². The van der Waals surface area contributed by atoms with Gasteiger partial charge < -0.3 is 0 Å². The van der Waals surface area contributed by atoms with Crippen LogP contribution >= 0.6 is 0 Å². The second-order valence-corrected chi connectivity index (χ2v) is 5.56. The summed E-state index contributed by atoms with van der Waals surface area (Å²) in [5.41, 5.74) is 1.14. The molecule has 0 aliphatic heterocycles. The molecule has 0 saturated heterocycles. The largest absolute Gasteiger partial charge is 0.229 e. The Morgan fingerprint density at radius 2 is 1.48 bits per heavy atom. The monoisotopic (exact) mass is 305 g/mol. The lowest BCUT2D eigenvalue weighted by atomic mass is 10.2. The van der Waals surface area contributed by atoms with Crippen LogP contribution in [0.1, 0.15) is 0 Å². The van der Waals surface area contributed by atoms with Crippen molar-refractivity contribution in [1.29, 1.82) is 0 Å². The summed E-state index contributed by atoms with van der Waals surface area (Å²) in [6.07, 6.45) is 1.49. The normalized spacial score (nSPS) is 12.3. The van der Waals surface area contributed by atoms with E-state index >= 15 is 0 Å². The van der Waals surface area contributed by atoms with Crippen molar-refractivity contribution >= 4 is 11.0 Å². The van der Waals surface area contributed by atoms with E-state index in [2.05, 4.69) is 10.3 Å². The molecule has 1 heterocycles. The van der Waals surface area contributed by atoms with E-state index in [0.717, 1.165) is 0 Å². The van der Waals surface area contributed by atoms with Gasteiger partial charge in [-0.2, -0.15) is 4.09 Å². The molecule has 0 N–H and O–H groups in total. The Labute approximate surface area is 121 Å². The van der Waals surface area contributed by atoms with Crippen LogP contribution in [-0.4, -0.2) is 18.6 Å². The Hall–Kier alpha value is -2.41. The van der Waals surface area contributed by atoms with Gasteiger partial charge >= 0.3 is 0 Å². The van der Waals surface area contributed by atoms with Crippen molar-refractivity contribution in [2.75, 3.05) is 0 Å². The zero-order valence-electron chi connectivity index (χ0n) is 10.6. The molecule has 0 bridgehead atoms. The summed E-state index contributed by atoms with van der Waals surface area (Å²) in [7, 11) is -1.61. The van der Waals surface area contributed by atoms with E-state index in [9.17, 15) is 13.0 Å². The Morgan fingerprint density at radius 1 is 0.905 bits per heavy atom. The zero-order valence-corrected chi connectivity index (χ0v) is 11.4. The van der Waals surface area contributed by atoms with Crippen LogP contribution in [0.5, 0.6) is 0 Å². The van der Waals surface area contributed by atoms with Crippen molar-refractivity contribution in [3.05, 3.63) is 66.4 Å². The summed E-state index contributed by atoms with van der Waals surface area (Å²) >= 11 is 0. The van der Waals surface area contributed by atoms with E-state index < -0.39 is 16.8 Å². The maximum Gasteiger partial charge on any atom is 0.174 e. The number of rotatable bonds is 3. The highest BCUT2D eigenvalue weighted by atomic mass is 32.2. The fourth-order valence-corrected chi connectivity index (χ4v) is 2.62. The fraction of sp³-hybridized carbons (Fsp3) is 0. The maximum atomic E-state index is 12.9. The molecule has 1 unspecified atom stereocenters. The number of nitrogens with zero attached hydrogens (tertiary/aromatic N) is 3. The number of halogens is 2. The maximum absolute atomic E-state index is 12.9. The third-order valence-corrected chi connectivity index (χ3v) is 3.99. The summed E-state index contributed by atoms with van der Waals surface area (Å²) in [5.74, 6) is -0.748. The Morgan fingerprint density at radius 3 is 2.10 bits per heavy atom. The summed E-state index contributed by atoms with van der Waals surface area (Å²) in [6, 6.07) is 11.0. The van der Waals surface area contributed by atoms with E-state index in [-0.39, 0.29) is 5.82 Å². The van der Waals surface area contributed by atoms with Gasteiger partial charge in [0.1, 0.15) is 17.3 Å². The third-order valence-electron chi connectivity index (χ3n) is 2.80. The van der Waals surface area contributed by atoms with E-state index in [1.165, 1.54) is 46.7 Å². The van der Waals surface area contributed by atoms with E-state index in [4.69, 9.17) is 0 Å². The van der Waals surface area contributed by atoms with Gasteiger partial charge in [0, 0.05) is 5.56 Å². The molecule has 1 aromatic heterocycles. The lowest BCUT2D eigenvalue weighted by molar-refractivity contribution is 0.625. The molecule has 106 valence electrons. The summed E-state index contributed by atoms with van der Waals surface area (Å²) < 4.78 is 39.1. The van der Waals surface area contributed by atoms with Crippen LogP contribution in [0.15, 0.2) is 59.6 Å². The van der Waals surface area contributed by atoms with Crippen LogP contribution in [-0.2, 0) is 11.0 Å². The highest BCUT2D eigenvalue weighted by Crippen LogP contribution is 2.18. The Bertz CT molecular complexity index is 785. The predicted octanol–water partition coefficient (Wildman–Crippen LogP) is 2.79. The molecule has 2 aromatic carbocycles. The molecule has 0 spiro atoms. The van der Waals surface area contributed by atoms with Gasteiger partial charge in [-0.3, -0.25) is 0 Å². The first-order valence-corrected chi connectivity index (χ1v) is 7.10. The van der Waals surface area contributed by atoms with Gasteiger partial charge in [-0.15, -0.1) is 5.10 Å². The Balaban J connectivity index is 1.89. The van der Waals surface area contributed by atoms with Crippen molar-refractivity contribution < 1.29 is 13.0 Å². The van der Waals surface area contributed by atoms with Gasteiger partial charge in [-0.05, 0) is 48.5 Å². The quantitative estimate of drug-likeness (QED) is 0.747. The Kier molecular flexibility index (Phi) is 3.57. The predicted molar refractivity (Wildman–Crippen MR) is 73.6 cm³/mol. The molecule has 21 heavy (non-hydrogen) atoms. The molecule has 0 fully saturated rings. The highest BCUT2D eigenvalue weighted by Gasteiger charge is 2.11. The van der Waals surface area contributed by atoms with Crippen LogP contribution < -0.4 is 0 Å². The number of hydrogen-bond donors (Lipinski definition) is 0. The first-order valence-electron chi connectivity index (χ1n) is 5.99. The van der Waals surface area contributed by atoms with Crippen molar-refractivity contribution in [2.45, 2.75) is 4.90 Å². The van der Waals surface area contributed by atoms with Crippen LogP contribution in [0.25, 0.3) is 11.3 Å². The van der Waals surface area contributed by atoms with Crippen molar-refractivity contribution in [1.82, 2.24) is 14.4 Å². The first kappa shape index (κ1) is 13.6. The lowest BCUT2D eigenvalue weighted by Crippen LogP contribution is -2.05. The summed E-state index contributed by atoms with van der Waals surface area (Å²) in [4.78, 5) is 0.409. The zero-order chi connectivity index (χ0) is 14.8.